The zero-order chi connectivity index (χ0) is 11.5. The molecule has 1 heterocycles. The summed E-state index contributed by atoms with van der Waals surface area (Å²) in [6, 6.07) is 6.48. The molecule has 5 heteroatoms. The molecule has 0 saturated carbocycles. The standard InChI is InChI=1S/C11H10BrFN2S/c1-14-6-9-10(12)15-11(16-9)7-3-2-4-8(13)5-7/h2-5,14H,6H2,1H3. The number of rotatable bonds is 3. The van der Waals surface area contributed by atoms with Crippen molar-refractivity contribution in [3.8, 4) is 10.6 Å². The molecule has 0 radical (unpaired) electrons. The lowest BCUT2D eigenvalue weighted by Crippen LogP contribution is -2.03. The minimum atomic E-state index is -0.237. The van der Waals surface area contributed by atoms with Gasteiger partial charge in [-0.1, -0.05) is 12.1 Å². The van der Waals surface area contributed by atoms with Crippen LogP contribution in [-0.4, -0.2) is 12.0 Å². The van der Waals surface area contributed by atoms with Crippen molar-refractivity contribution in [1.29, 1.82) is 0 Å². The highest BCUT2D eigenvalue weighted by Gasteiger charge is 2.10. The Balaban J connectivity index is 2.37. The molecule has 0 aliphatic carbocycles. The Labute approximate surface area is 106 Å². The van der Waals surface area contributed by atoms with E-state index in [1.165, 1.54) is 12.1 Å². The molecule has 0 saturated heterocycles. The fraction of sp³-hybridized carbons (Fsp3) is 0.182. The van der Waals surface area contributed by atoms with Crippen LogP contribution in [0.2, 0.25) is 0 Å². The van der Waals surface area contributed by atoms with Crippen LogP contribution in [0, 0.1) is 5.82 Å². The highest BCUT2D eigenvalue weighted by Crippen LogP contribution is 2.31. The number of aromatic nitrogens is 1. The summed E-state index contributed by atoms with van der Waals surface area (Å²) in [5, 5.41) is 3.90. The second kappa shape index (κ2) is 5.03. The molecule has 84 valence electrons. The Morgan fingerprint density at radius 3 is 3.00 bits per heavy atom. The van der Waals surface area contributed by atoms with Gasteiger partial charge in [0.2, 0.25) is 0 Å². The van der Waals surface area contributed by atoms with E-state index in [9.17, 15) is 4.39 Å². The highest BCUT2D eigenvalue weighted by atomic mass is 79.9. The average Bonchev–Trinajstić information content (AvgIpc) is 2.61. The Morgan fingerprint density at radius 2 is 2.31 bits per heavy atom. The van der Waals surface area contributed by atoms with Crippen LogP contribution in [0.1, 0.15) is 4.88 Å². The zero-order valence-corrected chi connectivity index (χ0v) is 11.0. The summed E-state index contributed by atoms with van der Waals surface area (Å²) in [7, 11) is 1.88. The van der Waals surface area contributed by atoms with Crippen LogP contribution in [0.3, 0.4) is 0 Å². The van der Waals surface area contributed by atoms with Crippen LogP contribution in [0.25, 0.3) is 10.6 Å². The van der Waals surface area contributed by atoms with E-state index in [0.29, 0.717) is 0 Å². The molecule has 0 amide bonds. The van der Waals surface area contributed by atoms with Crippen molar-refractivity contribution in [2.24, 2.45) is 0 Å². The van der Waals surface area contributed by atoms with Crippen LogP contribution < -0.4 is 5.32 Å². The summed E-state index contributed by atoms with van der Waals surface area (Å²) in [5.74, 6) is -0.237. The molecule has 0 atom stereocenters. The van der Waals surface area contributed by atoms with E-state index in [-0.39, 0.29) is 5.82 Å². The molecule has 2 rings (SSSR count). The monoisotopic (exact) mass is 300 g/mol. The van der Waals surface area contributed by atoms with Gasteiger partial charge in [-0.3, -0.25) is 0 Å². The molecule has 0 aliphatic heterocycles. The maximum atomic E-state index is 13.1. The summed E-state index contributed by atoms with van der Waals surface area (Å²) < 4.78 is 13.9. The van der Waals surface area contributed by atoms with E-state index in [1.807, 2.05) is 13.1 Å². The first-order chi connectivity index (χ1) is 7.70. The van der Waals surface area contributed by atoms with Crippen molar-refractivity contribution < 1.29 is 4.39 Å². The maximum Gasteiger partial charge on any atom is 0.125 e. The van der Waals surface area contributed by atoms with Crippen molar-refractivity contribution in [1.82, 2.24) is 10.3 Å². The molecular formula is C11H10BrFN2S. The topological polar surface area (TPSA) is 24.9 Å². The van der Waals surface area contributed by atoms with Crippen LogP contribution in [0.4, 0.5) is 4.39 Å². The van der Waals surface area contributed by atoms with Crippen LogP contribution in [0.15, 0.2) is 28.9 Å². The SMILES string of the molecule is CNCc1sc(-c2cccc(F)c2)nc1Br. The van der Waals surface area contributed by atoms with Crippen molar-refractivity contribution in [2.45, 2.75) is 6.54 Å². The van der Waals surface area contributed by atoms with Crippen molar-refractivity contribution in [3.05, 3.63) is 39.6 Å². The molecular weight excluding hydrogens is 291 g/mol. The lowest BCUT2D eigenvalue weighted by Gasteiger charge is -1.95. The van der Waals surface area contributed by atoms with Gasteiger partial charge in [-0.25, -0.2) is 9.37 Å². The molecule has 1 aromatic carbocycles. The van der Waals surface area contributed by atoms with Gasteiger partial charge in [-0.15, -0.1) is 11.3 Å². The van der Waals surface area contributed by atoms with Crippen molar-refractivity contribution in [2.75, 3.05) is 7.05 Å². The van der Waals surface area contributed by atoms with Crippen molar-refractivity contribution in [3.63, 3.8) is 0 Å². The Morgan fingerprint density at radius 1 is 1.50 bits per heavy atom. The predicted molar refractivity (Wildman–Crippen MR) is 68.0 cm³/mol. The number of hydrogen-bond donors (Lipinski definition) is 1. The lowest BCUT2D eigenvalue weighted by molar-refractivity contribution is 0.628. The molecule has 1 N–H and O–H groups in total. The zero-order valence-electron chi connectivity index (χ0n) is 8.63. The largest absolute Gasteiger partial charge is 0.315 e. The molecule has 2 nitrogen and oxygen atoms in total. The van der Waals surface area contributed by atoms with Crippen LogP contribution >= 0.6 is 27.3 Å². The lowest BCUT2D eigenvalue weighted by atomic mass is 10.2. The predicted octanol–water partition coefficient (Wildman–Crippen LogP) is 3.43. The van der Waals surface area contributed by atoms with Gasteiger partial charge in [0.1, 0.15) is 15.4 Å². The molecule has 2 aromatic rings. The second-order valence-corrected chi connectivity index (χ2v) is 5.11. The Hall–Kier alpha value is -0.780. The van der Waals surface area contributed by atoms with Gasteiger partial charge in [0.25, 0.3) is 0 Å². The summed E-state index contributed by atoms with van der Waals surface area (Å²) in [4.78, 5) is 5.48. The molecule has 1 aromatic heterocycles. The van der Waals surface area contributed by atoms with Crippen LogP contribution in [-0.2, 0) is 6.54 Å². The van der Waals surface area contributed by atoms with Crippen LogP contribution in [0.5, 0.6) is 0 Å². The summed E-state index contributed by atoms with van der Waals surface area (Å²) in [6.07, 6.45) is 0. The van der Waals surface area contributed by atoms with E-state index in [2.05, 4.69) is 26.2 Å². The van der Waals surface area contributed by atoms with E-state index in [0.717, 1.165) is 26.6 Å². The number of halogens is 2. The van der Waals surface area contributed by atoms with E-state index in [1.54, 1.807) is 17.4 Å². The summed E-state index contributed by atoms with van der Waals surface area (Å²) in [5.41, 5.74) is 0.813. The first kappa shape index (κ1) is 11.7. The van der Waals surface area contributed by atoms with Gasteiger partial charge in [-0.05, 0) is 35.1 Å². The quantitative estimate of drug-likeness (QED) is 0.939. The fourth-order valence-electron chi connectivity index (χ4n) is 1.35. The second-order valence-electron chi connectivity index (χ2n) is 3.27. The third kappa shape index (κ3) is 2.48. The van der Waals surface area contributed by atoms with Crippen molar-refractivity contribution >= 4 is 27.3 Å². The van der Waals surface area contributed by atoms with E-state index in [4.69, 9.17) is 0 Å². The number of benzene rings is 1. The smallest absolute Gasteiger partial charge is 0.125 e. The van der Waals surface area contributed by atoms with Gasteiger partial charge in [0, 0.05) is 12.1 Å². The minimum Gasteiger partial charge on any atom is -0.315 e. The fourth-order valence-corrected chi connectivity index (χ4v) is 2.99. The maximum absolute atomic E-state index is 13.1. The normalized spacial score (nSPS) is 10.7. The third-order valence-electron chi connectivity index (χ3n) is 2.06. The third-order valence-corrected chi connectivity index (χ3v) is 4.08. The van der Waals surface area contributed by atoms with Gasteiger partial charge in [-0.2, -0.15) is 0 Å². The highest BCUT2D eigenvalue weighted by molar-refractivity contribution is 9.10. The Kier molecular flexibility index (Phi) is 3.68. The van der Waals surface area contributed by atoms with E-state index < -0.39 is 0 Å². The molecule has 0 spiro atoms. The molecule has 0 bridgehead atoms. The van der Waals surface area contributed by atoms with Gasteiger partial charge in [0.05, 0.1) is 4.88 Å². The molecule has 0 aliphatic rings. The minimum absolute atomic E-state index is 0.237. The van der Waals surface area contributed by atoms with Gasteiger partial charge >= 0.3 is 0 Å². The van der Waals surface area contributed by atoms with Gasteiger partial charge in [0.15, 0.2) is 0 Å². The number of hydrogen-bond acceptors (Lipinski definition) is 3. The van der Waals surface area contributed by atoms with E-state index >= 15 is 0 Å². The molecule has 0 unspecified atom stereocenters. The summed E-state index contributed by atoms with van der Waals surface area (Å²) >= 11 is 4.96. The summed E-state index contributed by atoms with van der Waals surface area (Å²) in [6.45, 7) is 0.758. The first-order valence-corrected chi connectivity index (χ1v) is 6.37. The number of nitrogens with one attached hydrogen (secondary N) is 1. The van der Waals surface area contributed by atoms with Gasteiger partial charge < -0.3 is 5.32 Å². The number of nitrogens with zero attached hydrogens (tertiary/aromatic N) is 1. The molecule has 16 heavy (non-hydrogen) atoms. The Bertz CT molecular complexity index is 498. The molecule has 0 fully saturated rings. The first-order valence-electron chi connectivity index (χ1n) is 4.76. The number of thiazole rings is 1. The average molecular weight is 301 g/mol.